The second-order valence-corrected chi connectivity index (χ2v) is 6.94. The topological polar surface area (TPSA) is 118 Å². The fraction of sp³-hybridized carbons (Fsp3) is 0.190. The van der Waals surface area contributed by atoms with E-state index in [1.807, 2.05) is 12.1 Å². The highest BCUT2D eigenvalue weighted by molar-refractivity contribution is 5.94. The number of nitrogens with one attached hydrogen (secondary N) is 1. The zero-order chi connectivity index (χ0) is 20.4. The number of nitrogens with zero attached hydrogens (tertiary/aromatic N) is 4. The number of benzene rings is 1. The van der Waals surface area contributed by atoms with Gasteiger partial charge in [0.15, 0.2) is 0 Å². The molecule has 8 heteroatoms. The monoisotopic (exact) mass is 388 g/mol. The summed E-state index contributed by atoms with van der Waals surface area (Å²) >= 11 is 0. The van der Waals surface area contributed by atoms with Gasteiger partial charge in [0.2, 0.25) is 5.91 Å². The van der Waals surface area contributed by atoms with Gasteiger partial charge in [0.05, 0.1) is 16.9 Å². The first-order chi connectivity index (χ1) is 14.0. The Morgan fingerprint density at radius 1 is 1.17 bits per heavy atom. The van der Waals surface area contributed by atoms with E-state index in [0.717, 1.165) is 25.0 Å². The molecule has 0 radical (unpaired) electrons. The van der Waals surface area contributed by atoms with Crippen LogP contribution in [0, 0.1) is 17.1 Å². The maximum atomic E-state index is 14.2. The van der Waals surface area contributed by atoms with E-state index in [0.29, 0.717) is 17.2 Å². The summed E-state index contributed by atoms with van der Waals surface area (Å²) in [6.45, 7) is 0. The molecule has 0 aliphatic heterocycles. The molecule has 0 unspecified atom stereocenters. The number of amides is 1. The van der Waals surface area contributed by atoms with Crippen LogP contribution >= 0.6 is 0 Å². The smallest absolute Gasteiger partial charge is 0.248 e. The van der Waals surface area contributed by atoms with Crippen molar-refractivity contribution in [3.8, 4) is 17.3 Å². The van der Waals surface area contributed by atoms with Gasteiger partial charge in [0, 0.05) is 11.1 Å². The molecular weight excluding hydrogens is 371 g/mol. The Morgan fingerprint density at radius 3 is 2.62 bits per heavy atom. The number of anilines is 1. The predicted molar refractivity (Wildman–Crippen MR) is 104 cm³/mol. The molecule has 0 bridgehead atoms. The van der Waals surface area contributed by atoms with Gasteiger partial charge in [0.1, 0.15) is 23.4 Å². The molecule has 144 valence electrons. The Balaban J connectivity index is 1.61. The summed E-state index contributed by atoms with van der Waals surface area (Å²) in [6, 6.07) is 14.6. The molecule has 1 fully saturated rings. The van der Waals surface area contributed by atoms with Crippen molar-refractivity contribution in [2.75, 3.05) is 5.32 Å². The minimum atomic E-state index is -0.642. The highest BCUT2D eigenvalue weighted by atomic mass is 19.1. The zero-order valence-corrected chi connectivity index (χ0v) is 15.4. The van der Waals surface area contributed by atoms with E-state index in [4.69, 9.17) is 11.0 Å². The largest absolute Gasteiger partial charge is 0.366 e. The third-order valence-electron chi connectivity index (χ3n) is 5.12. The van der Waals surface area contributed by atoms with E-state index >= 15 is 0 Å². The summed E-state index contributed by atoms with van der Waals surface area (Å²) in [5.74, 6) is -0.640. The third-order valence-corrected chi connectivity index (χ3v) is 5.12. The number of primary amides is 1. The van der Waals surface area contributed by atoms with Gasteiger partial charge in [-0.25, -0.2) is 9.37 Å². The summed E-state index contributed by atoms with van der Waals surface area (Å²) in [4.78, 5) is 15.8. The van der Waals surface area contributed by atoms with Crippen molar-refractivity contribution in [2.24, 2.45) is 5.73 Å². The van der Waals surface area contributed by atoms with Gasteiger partial charge in [-0.2, -0.15) is 5.26 Å². The lowest BCUT2D eigenvalue weighted by Gasteiger charge is -2.42. The van der Waals surface area contributed by atoms with Crippen LogP contribution in [0.2, 0.25) is 0 Å². The van der Waals surface area contributed by atoms with Crippen molar-refractivity contribution >= 4 is 11.7 Å². The first-order valence-electron chi connectivity index (χ1n) is 9.10. The maximum absolute atomic E-state index is 14.2. The predicted octanol–water partition coefficient (Wildman–Crippen LogP) is 3.14. The molecule has 3 N–H and O–H groups in total. The van der Waals surface area contributed by atoms with Gasteiger partial charge in [-0.3, -0.25) is 4.79 Å². The molecule has 1 aliphatic rings. The average Bonchev–Trinajstić information content (AvgIpc) is 2.71. The summed E-state index contributed by atoms with van der Waals surface area (Å²) in [6.07, 6.45) is 2.74. The number of carbonyl (C=O) groups is 1. The second kappa shape index (κ2) is 7.28. The van der Waals surface area contributed by atoms with Crippen molar-refractivity contribution in [3.05, 3.63) is 71.3 Å². The minimum absolute atomic E-state index is 0.155. The average molecular weight is 388 g/mol. The van der Waals surface area contributed by atoms with Crippen LogP contribution in [0.3, 0.4) is 0 Å². The van der Waals surface area contributed by atoms with Gasteiger partial charge in [-0.15, -0.1) is 10.2 Å². The van der Waals surface area contributed by atoms with Gasteiger partial charge in [-0.05, 0) is 61.7 Å². The van der Waals surface area contributed by atoms with Gasteiger partial charge in [-0.1, -0.05) is 6.07 Å². The van der Waals surface area contributed by atoms with Gasteiger partial charge >= 0.3 is 0 Å². The molecule has 2 aromatic heterocycles. The number of aromatic nitrogens is 3. The molecule has 1 aromatic carbocycles. The van der Waals surface area contributed by atoms with Gasteiger partial charge in [0.25, 0.3) is 0 Å². The molecule has 29 heavy (non-hydrogen) atoms. The first kappa shape index (κ1) is 18.5. The van der Waals surface area contributed by atoms with Crippen LogP contribution in [-0.2, 0) is 5.54 Å². The van der Waals surface area contributed by atoms with Crippen molar-refractivity contribution < 1.29 is 9.18 Å². The normalized spacial score (nSPS) is 14.5. The van der Waals surface area contributed by atoms with E-state index in [1.54, 1.807) is 18.2 Å². The number of nitrogens with two attached hydrogens (primary N) is 1. The number of carbonyl (C=O) groups excluding carboxylic acids is 1. The molecule has 1 aliphatic carbocycles. The van der Waals surface area contributed by atoms with Crippen LogP contribution in [-0.4, -0.2) is 21.1 Å². The van der Waals surface area contributed by atoms with Crippen LogP contribution in [0.5, 0.6) is 0 Å². The molecule has 1 saturated carbocycles. The molecule has 3 aromatic rings. The Kier molecular flexibility index (Phi) is 4.64. The van der Waals surface area contributed by atoms with Crippen LogP contribution in [0.25, 0.3) is 11.3 Å². The first-order valence-corrected chi connectivity index (χ1v) is 9.10. The van der Waals surface area contributed by atoms with Crippen molar-refractivity contribution in [3.63, 3.8) is 0 Å². The fourth-order valence-electron chi connectivity index (χ4n) is 3.40. The van der Waals surface area contributed by atoms with Crippen molar-refractivity contribution in [2.45, 2.75) is 24.8 Å². The molecule has 2 heterocycles. The number of hydrogen-bond acceptors (Lipinski definition) is 6. The number of nitriles is 1. The van der Waals surface area contributed by atoms with Crippen LogP contribution in [0.1, 0.15) is 41.0 Å². The quantitative estimate of drug-likeness (QED) is 0.693. The summed E-state index contributed by atoms with van der Waals surface area (Å²) in [5, 5.41) is 20.7. The SMILES string of the molecule is N#Cc1cccc(C2(Nc3ccc(-c4cc(C(N)=O)ccc4F)nn3)CCC2)n1. The summed E-state index contributed by atoms with van der Waals surface area (Å²) < 4.78 is 14.2. The Hall–Kier alpha value is -3.86. The lowest BCUT2D eigenvalue weighted by atomic mass is 9.74. The number of halogens is 1. The van der Waals surface area contributed by atoms with E-state index < -0.39 is 17.3 Å². The fourth-order valence-corrected chi connectivity index (χ4v) is 3.40. The van der Waals surface area contributed by atoms with E-state index in [2.05, 4.69) is 26.6 Å². The van der Waals surface area contributed by atoms with E-state index in [1.165, 1.54) is 18.2 Å². The third kappa shape index (κ3) is 3.50. The zero-order valence-electron chi connectivity index (χ0n) is 15.4. The lowest BCUT2D eigenvalue weighted by Crippen LogP contribution is -2.43. The number of pyridine rings is 1. The van der Waals surface area contributed by atoms with Crippen LogP contribution in [0.15, 0.2) is 48.5 Å². The number of rotatable bonds is 5. The highest BCUT2D eigenvalue weighted by Gasteiger charge is 2.40. The molecule has 1 amide bonds. The van der Waals surface area contributed by atoms with Crippen molar-refractivity contribution in [1.82, 2.24) is 15.2 Å². The van der Waals surface area contributed by atoms with E-state index in [9.17, 15) is 9.18 Å². The Morgan fingerprint density at radius 2 is 2.00 bits per heavy atom. The molecule has 7 nitrogen and oxygen atoms in total. The summed E-state index contributed by atoms with van der Waals surface area (Å²) in [5.41, 5.74) is 6.66. The Labute approximate surface area is 166 Å². The molecule has 0 spiro atoms. The standard InChI is InChI=1S/C21H17FN6O/c22-16-6-5-13(20(24)29)11-15(16)17-7-8-19(28-27-17)26-21(9-2-10-21)18-4-1-3-14(12-23)25-18/h1,3-8,11H,2,9-10H2,(H2,24,29)(H,26,28). The van der Waals surface area contributed by atoms with Crippen LogP contribution < -0.4 is 11.1 Å². The van der Waals surface area contributed by atoms with Crippen molar-refractivity contribution in [1.29, 1.82) is 5.26 Å². The van der Waals surface area contributed by atoms with Gasteiger partial charge < -0.3 is 11.1 Å². The minimum Gasteiger partial charge on any atom is -0.366 e. The molecular formula is C21H17FN6O. The summed E-state index contributed by atoms with van der Waals surface area (Å²) in [7, 11) is 0. The molecule has 0 saturated heterocycles. The second-order valence-electron chi connectivity index (χ2n) is 6.94. The lowest BCUT2D eigenvalue weighted by molar-refractivity contribution is 0.100. The molecule has 4 rings (SSSR count). The maximum Gasteiger partial charge on any atom is 0.248 e. The van der Waals surface area contributed by atoms with E-state index in [-0.39, 0.29) is 11.1 Å². The van der Waals surface area contributed by atoms with Crippen LogP contribution in [0.4, 0.5) is 10.2 Å². The molecule has 0 atom stereocenters. The Bertz CT molecular complexity index is 1120. The number of hydrogen-bond donors (Lipinski definition) is 2. The highest BCUT2D eigenvalue weighted by Crippen LogP contribution is 2.43.